The molecule has 0 aromatic heterocycles. The maximum Gasteiger partial charge on any atom is 0.387 e. The van der Waals surface area contributed by atoms with Crippen LogP contribution >= 0.6 is 12.6 Å². The highest BCUT2D eigenvalue weighted by Crippen LogP contribution is 2.23. The summed E-state index contributed by atoms with van der Waals surface area (Å²) in [5.41, 5.74) is 0.305. The highest BCUT2D eigenvalue weighted by molar-refractivity contribution is 7.80. The molecule has 0 unspecified atom stereocenters. The van der Waals surface area contributed by atoms with Gasteiger partial charge in [0.25, 0.3) is 0 Å². The topological polar surface area (TPSA) is 26.3 Å². The Kier molecular flexibility index (Phi) is 4.08. The molecule has 0 aliphatic rings. The molecule has 0 spiro atoms. The summed E-state index contributed by atoms with van der Waals surface area (Å²) in [5.74, 6) is -0.181. The minimum Gasteiger partial charge on any atom is -0.435 e. The molecule has 1 aromatic carbocycles. The molecule has 0 bridgehead atoms. The standard InChI is InChI=1S/C10H10F2O2S/c1-2-8(13)7-5-6(14-10(11)12)3-4-9(7)15/h3-5,10,15H,2H2,1H3. The molecular formula is C10H10F2O2S. The SMILES string of the molecule is CCC(=O)c1cc(OC(F)F)ccc1S. The van der Waals surface area contributed by atoms with Crippen LogP contribution in [-0.4, -0.2) is 12.4 Å². The van der Waals surface area contributed by atoms with E-state index in [1.807, 2.05) is 0 Å². The number of thiol groups is 1. The molecule has 82 valence electrons. The number of ether oxygens (including phenoxy) is 1. The first-order valence-corrected chi connectivity index (χ1v) is 4.80. The first-order valence-electron chi connectivity index (χ1n) is 4.35. The maximum absolute atomic E-state index is 11.9. The van der Waals surface area contributed by atoms with E-state index >= 15 is 0 Å². The van der Waals surface area contributed by atoms with Gasteiger partial charge in [-0.25, -0.2) is 0 Å². The lowest BCUT2D eigenvalue weighted by Crippen LogP contribution is -2.04. The molecule has 5 heteroatoms. The molecule has 0 heterocycles. The summed E-state index contributed by atoms with van der Waals surface area (Å²) in [6.07, 6.45) is 0.297. The van der Waals surface area contributed by atoms with E-state index in [9.17, 15) is 13.6 Å². The molecule has 0 radical (unpaired) electrons. The summed E-state index contributed by atoms with van der Waals surface area (Å²) in [5, 5.41) is 0. The van der Waals surface area contributed by atoms with Crippen LogP contribution in [0.4, 0.5) is 8.78 Å². The minimum absolute atomic E-state index is 0.0281. The molecule has 1 rings (SSSR count). The van der Waals surface area contributed by atoms with Crippen LogP contribution in [0.25, 0.3) is 0 Å². The van der Waals surface area contributed by atoms with Crippen molar-refractivity contribution >= 4 is 18.4 Å². The third-order valence-corrected chi connectivity index (χ3v) is 2.20. The Morgan fingerprint density at radius 2 is 2.20 bits per heavy atom. The second-order valence-corrected chi connectivity index (χ2v) is 3.32. The molecule has 0 atom stereocenters. The largest absolute Gasteiger partial charge is 0.435 e. The fraction of sp³-hybridized carbons (Fsp3) is 0.300. The minimum atomic E-state index is -2.89. The fourth-order valence-electron chi connectivity index (χ4n) is 1.11. The number of Topliss-reactive ketones (excluding diaryl/α,β-unsaturated/α-hetero) is 1. The fourth-order valence-corrected chi connectivity index (χ4v) is 1.37. The molecule has 0 aliphatic heterocycles. The van der Waals surface area contributed by atoms with Gasteiger partial charge in [-0.15, -0.1) is 12.6 Å². The molecule has 0 saturated heterocycles. The average Bonchev–Trinajstić information content (AvgIpc) is 2.19. The number of benzene rings is 1. The maximum atomic E-state index is 11.9. The van der Waals surface area contributed by atoms with Crippen LogP contribution in [-0.2, 0) is 0 Å². The Morgan fingerprint density at radius 1 is 1.53 bits per heavy atom. The van der Waals surface area contributed by atoms with Gasteiger partial charge < -0.3 is 4.74 Å². The highest BCUT2D eigenvalue weighted by atomic mass is 32.1. The lowest BCUT2D eigenvalue weighted by atomic mass is 10.1. The van der Waals surface area contributed by atoms with Crippen molar-refractivity contribution in [3.63, 3.8) is 0 Å². The van der Waals surface area contributed by atoms with E-state index in [0.29, 0.717) is 16.9 Å². The Hall–Kier alpha value is -1.10. The van der Waals surface area contributed by atoms with Crippen molar-refractivity contribution in [2.75, 3.05) is 0 Å². The Balaban J connectivity index is 3.00. The molecule has 0 fully saturated rings. The van der Waals surface area contributed by atoms with Gasteiger partial charge in [-0.1, -0.05) is 6.92 Å². The van der Waals surface area contributed by atoms with Crippen LogP contribution in [0.2, 0.25) is 0 Å². The van der Waals surface area contributed by atoms with Gasteiger partial charge in [0.2, 0.25) is 0 Å². The Morgan fingerprint density at radius 3 is 2.73 bits per heavy atom. The quantitative estimate of drug-likeness (QED) is 0.637. The lowest BCUT2D eigenvalue weighted by molar-refractivity contribution is -0.0499. The van der Waals surface area contributed by atoms with Crippen LogP contribution in [0.5, 0.6) is 5.75 Å². The van der Waals surface area contributed by atoms with Gasteiger partial charge in [0.05, 0.1) is 0 Å². The third kappa shape index (κ3) is 3.20. The van der Waals surface area contributed by atoms with Crippen molar-refractivity contribution < 1.29 is 18.3 Å². The first kappa shape index (κ1) is 12.0. The number of ketones is 1. The predicted octanol–water partition coefficient (Wildman–Crippen LogP) is 3.17. The number of hydrogen-bond acceptors (Lipinski definition) is 3. The van der Waals surface area contributed by atoms with Crippen molar-refractivity contribution in [2.45, 2.75) is 24.9 Å². The zero-order chi connectivity index (χ0) is 11.4. The van der Waals surface area contributed by atoms with Crippen LogP contribution < -0.4 is 4.74 Å². The van der Waals surface area contributed by atoms with Gasteiger partial charge in [-0.2, -0.15) is 8.78 Å². The van der Waals surface area contributed by atoms with Crippen molar-refractivity contribution in [3.8, 4) is 5.75 Å². The van der Waals surface area contributed by atoms with Crippen molar-refractivity contribution in [1.82, 2.24) is 0 Å². The van der Waals surface area contributed by atoms with E-state index in [0.717, 1.165) is 0 Å². The summed E-state index contributed by atoms with van der Waals surface area (Å²) in [6, 6.07) is 4.09. The molecule has 15 heavy (non-hydrogen) atoms. The van der Waals surface area contributed by atoms with E-state index in [2.05, 4.69) is 17.4 Å². The van der Waals surface area contributed by atoms with Crippen molar-refractivity contribution in [3.05, 3.63) is 23.8 Å². The van der Waals surface area contributed by atoms with Gasteiger partial charge in [0.15, 0.2) is 5.78 Å². The third-order valence-electron chi connectivity index (χ3n) is 1.81. The summed E-state index contributed by atoms with van der Waals surface area (Å²) in [4.78, 5) is 11.8. The average molecular weight is 232 g/mol. The number of carbonyl (C=O) groups excluding carboxylic acids is 1. The summed E-state index contributed by atoms with van der Waals surface area (Å²) in [6.45, 7) is -1.20. The number of hydrogen-bond donors (Lipinski definition) is 1. The molecular weight excluding hydrogens is 222 g/mol. The van der Waals surface area contributed by atoms with Gasteiger partial charge in [-0.05, 0) is 18.2 Å². The van der Waals surface area contributed by atoms with Gasteiger partial charge >= 0.3 is 6.61 Å². The predicted molar refractivity (Wildman–Crippen MR) is 54.9 cm³/mol. The summed E-state index contributed by atoms with van der Waals surface area (Å²) < 4.78 is 28.0. The van der Waals surface area contributed by atoms with Crippen LogP contribution in [0.1, 0.15) is 23.7 Å². The van der Waals surface area contributed by atoms with E-state index in [1.54, 1.807) is 6.92 Å². The van der Waals surface area contributed by atoms with Crippen LogP contribution in [0, 0.1) is 0 Å². The summed E-state index contributed by atoms with van der Waals surface area (Å²) in [7, 11) is 0. The number of alkyl halides is 2. The second kappa shape index (κ2) is 5.11. The molecule has 1 aromatic rings. The summed E-state index contributed by atoms with van der Waals surface area (Å²) >= 11 is 4.07. The van der Waals surface area contributed by atoms with Crippen LogP contribution in [0.15, 0.2) is 23.1 Å². The number of rotatable bonds is 4. The number of halogens is 2. The molecule has 2 nitrogen and oxygen atoms in total. The first-order chi connectivity index (χ1) is 7.04. The zero-order valence-corrected chi connectivity index (χ0v) is 8.93. The normalized spacial score (nSPS) is 10.5. The monoisotopic (exact) mass is 232 g/mol. The molecule has 0 amide bonds. The van der Waals surface area contributed by atoms with Gasteiger partial charge in [0, 0.05) is 16.9 Å². The van der Waals surface area contributed by atoms with Gasteiger partial charge in [-0.3, -0.25) is 4.79 Å². The van der Waals surface area contributed by atoms with E-state index in [-0.39, 0.29) is 11.5 Å². The van der Waals surface area contributed by atoms with Gasteiger partial charge in [0.1, 0.15) is 5.75 Å². The van der Waals surface area contributed by atoms with E-state index in [1.165, 1.54) is 18.2 Å². The number of carbonyl (C=O) groups is 1. The zero-order valence-electron chi connectivity index (χ0n) is 8.04. The van der Waals surface area contributed by atoms with Crippen LogP contribution in [0.3, 0.4) is 0 Å². The van der Waals surface area contributed by atoms with E-state index in [4.69, 9.17) is 0 Å². The second-order valence-electron chi connectivity index (χ2n) is 2.83. The van der Waals surface area contributed by atoms with Crippen molar-refractivity contribution in [2.24, 2.45) is 0 Å². The Labute approximate surface area is 91.7 Å². The van der Waals surface area contributed by atoms with Crippen molar-refractivity contribution in [1.29, 1.82) is 0 Å². The lowest BCUT2D eigenvalue weighted by Gasteiger charge is -2.07. The molecule has 0 saturated carbocycles. The van der Waals surface area contributed by atoms with E-state index < -0.39 is 6.61 Å². The highest BCUT2D eigenvalue weighted by Gasteiger charge is 2.11. The Bertz CT molecular complexity index is 366. The molecule has 0 N–H and O–H groups in total. The smallest absolute Gasteiger partial charge is 0.387 e. The molecule has 0 aliphatic carbocycles.